The van der Waals surface area contributed by atoms with Gasteiger partial charge in [0.1, 0.15) is 5.75 Å². The monoisotopic (exact) mass is 626 g/mol. The van der Waals surface area contributed by atoms with Crippen LogP contribution in [0.25, 0.3) is 12.2 Å². The molecule has 1 N–H and O–H groups in total. The molecule has 1 unspecified atom stereocenters. The maximum absolute atomic E-state index is 12.8. The summed E-state index contributed by atoms with van der Waals surface area (Å²) < 4.78 is 31.6. The molecule has 0 fully saturated rings. The molecule has 0 aliphatic carbocycles. The maximum Gasteiger partial charge on any atom is 0.204 e. The average molecular weight is 627 g/mol. The molecule has 0 heterocycles. The van der Waals surface area contributed by atoms with Crippen LogP contribution in [0.2, 0.25) is 0 Å². The van der Waals surface area contributed by atoms with Crippen molar-refractivity contribution in [2.75, 3.05) is 6.61 Å². The van der Waals surface area contributed by atoms with E-state index in [0.29, 0.717) is 0 Å². The number of aliphatic hydroxyl groups excluding tert-OH is 1. The number of benzene rings is 2. The van der Waals surface area contributed by atoms with E-state index in [-0.39, 0.29) is 11.3 Å². The van der Waals surface area contributed by atoms with E-state index in [9.17, 15) is 13.5 Å². The van der Waals surface area contributed by atoms with E-state index < -0.39 is 15.3 Å². The van der Waals surface area contributed by atoms with Gasteiger partial charge >= 0.3 is 0 Å². The number of unbranched alkanes of at least 4 members (excludes halogenated alkanes) is 18. The fraction of sp³-hybridized carbons (Fsp3) is 0.641. The predicted molar refractivity (Wildman–Crippen MR) is 189 cm³/mol. The van der Waals surface area contributed by atoms with Gasteiger partial charge in [-0.2, -0.15) is 0 Å². The highest BCUT2D eigenvalue weighted by Crippen LogP contribution is 2.22. The number of hydrogen-bond donors (Lipinski definition) is 1. The number of rotatable bonds is 27. The van der Waals surface area contributed by atoms with Crippen molar-refractivity contribution in [3.8, 4) is 5.75 Å². The van der Waals surface area contributed by atoms with Crippen LogP contribution in [0.3, 0.4) is 0 Å². The van der Waals surface area contributed by atoms with Crippen molar-refractivity contribution in [2.45, 2.75) is 159 Å². The zero-order valence-electron chi connectivity index (χ0n) is 28.0. The number of ether oxygens (including phenoxy) is 1. The normalized spacial score (nSPS) is 12.6. The second kappa shape index (κ2) is 24.2. The number of hydrogen-bond acceptors (Lipinski definition) is 4. The fourth-order valence-corrected chi connectivity index (χ4v) is 6.84. The lowest BCUT2D eigenvalue weighted by molar-refractivity contribution is 0.233. The molecule has 0 aromatic heterocycles. The largest absolute Gasteiger partial charge is 0.494 e. The van der Waals surface area contributed by atoms with E-state index in [4.69, 9.17) is 4.74 Å². The van der Waals surface area contributed by atoms with E-state index in [1.807, 2.05) is 36.4 Å². The topological polar surface area (TPSA) is 63.6 Å². The van der Waals surface area contributed by atoms with Gasteiger partial charge in [0.15, 0.2) is 5.44 Å². The van der Waals surface area contributed by atoms with Gasteiger partial charge in [-0.3, -0.25) is 0 Å². The minimum Gasteiger partial charge on any atom is -0.494 e. The molecule has 4 nitrogen and oxygen atoms in total. The quantitative estimate of drug-likeness (QED) is 0.0791. The van der Waals surface area contributed by atoms with Crippen LogP contribution in [0, 0.1) is 0 Å². The third kappa shape index (κ3) is 16.8. The van der Waals surface area contributed by atoms with Crippen molar-refractivity contribution in [2.24, 2.45) is 0 Å². The first-order valence-corrected chi connectivity index (χ1v) is 19.4. The van der Waals surface area contributed by atoms with E-state index in [0.717, 1.165) is 49.2 Å². The van der Waals surface area contributed by atoms with Crippen molar-refractivity contribution in [3.05, 3.63) is 59.7 Å². The van der Waals surface area contributed by atoms with Crippen molar-refractivity contribution in [1.82, 2.24) is 0 Å². The van der Waals surface area contributed by atoms with E-state index in [2.05, 4.69) is 13.8 Å². The Kier molecular flexibility index (Phi) is 20.9. The Bertz CT molecular complexity index is 1090. The summed E-state index contributed by atoms with van der Waals surface area (Å²) in [5.74, 6) is 0.894. The number of sulfone groups is 1. The van der Waals surface area contributed by atoms with Crippen LogP contribution in [-0.4, -0.2) is 25.6 Å². The Morgan fingerprint density at radius 3 is 1.41 bits per heavy atom. The first kappa shape index (κ1) is 38.1. The minimum atomic E-state index is -3.74. The van der Waals surface area contributed by atoms with Gasteiger partial charge in [0.25, 0.3) is 0 Å². The van der Waals surface area contributed by atoms with Crippen LogP contribution in [0.15, 0.2) is 53.4 Å². The SMILES string of the molecule is CCCCCCCCCCCCCCOc1ccc(C=Cc2ccc(S(=O)(=O)C(O)CCCCCCCCCC)cc2)cc1. The summed E-state index contributed by atoms with van der Waals surface area (Å²) in [7, 11) is -3.74. The highest BCUT2D eigenvalue weighted by atomic mass is 32.2. The summed E-state index contributed by atoms with van der Waals surface area (Å²) >= 11 is 0. The third-order valence-corrected chi connectivity index (χ3v) is 10.4. The first-order valence-electron chi connectivity index (χ1n) is 17.9. The van der Waals surface area contributed by atoms with E-state index in [1.54, 1.807) is 24.3 Å². The van der Waals surface area contributed by atoms with Crippen LogP contribution in [-0.2, 0) is 9.84 Å². The molecule has 0 bridgehead atoms. The van der Waals surface area contributed by atoms with Gasteiger partial charge in [0.2, 0.25) is 9.84 Å². The second-order valence-electron chi connectivity index (χ2n) is 12.5. The van der Waals surface area contributed by atoms with Crippen molar-refractivity contribution in [3.63, 3.8) is 0 Å². The molecule has 248 valence electrons. The maximum atomic E-state index is 12.8. The van der Waals surface area contributed by atoms with Gasteiger partial charge in [0, 0.05) is 0 Å². The zero-order valence-corrected chi connectivity index (χ0v) is 28.8. The summed E-state index contributed by atoms with van der Waals surface area (Å²) in [4.78, 5) is 0.177. The van der Waals surface area contributed by atoms with Gasteiger partial charge in [0.05, 0.1) is 11.5 Å². The van der Waals surface area contributed by atoms with Crippen LogP contribution in [0.1, 0.15) is 160 Å². The van der Waals surface area contributed by atoms with Gasteiger partial charge in [-0.1, -0.05) is 166 Å². The Balaban J connectivity index is 1.62. The molecule has 0 radical (unpaired) electrons. The highest BCUT2D eigenvalue weighted by Gasteiger charge is 2.24. The molecule has 0 saturated carbocycles. The van der Waals surface area contributed by atoms with E-state index >= 15 is 0 Å². The van der Waals surface area contributed by atoms with Crippen molar-refractivity contribution < 1.29 is 18.3 Å². The predicted octanol–water partition coefficient (Wildman–Crippen LogP) is 11.6. The van der Waals surface area contributed by atoms with Crippen LogP contribution in [0.5, 0.6) is 5.75 Å². The zero-order chi connectivity index (χ0) is 31.7. The van der Waals surface area contributed by atoms with Crippen LogP contribution < -0.4 is 4.74 Å². The summed E-state index contributed by atoms with van der Waals surface area (Å²) in [6.45, 7) is 5.24. The molecule has 0 spiro atoms. The molecule has 44 heavy (non-hydrogen) atoms. The average Bonchev–Trinajstić information content (AvgIpc) is 3.04. The molecule has 0 saturated heterocycles. The number of aliphatic hydroxyl groups is 1. The molecule has 2 aromatic carbocycles. The third-order valence-electron chi connectivity index (χ3n) is 8.49. The Hall–Kier alpha value is -2.11. The molecule has 5 heteroatoms. The van der Waals surface area contributed by atoms with Crippen LogP contribution >= 0.6 is 0 Å². The molecular weight excluding hydrogens is 564 g/mol. The first-order chi connectivity index (χ1) is 21.5. The Morgan fingerprint density at radius 2 is 0.955 bits per heavy atom. The molecule has 0 aliphatic rings. The molecule has 0 aliphatic heterocycles. The van der Waals surface area contributed by atoms with Crippen molar-refractivity contribution in [1.29, 1.82) is 0 Å². The summed E-state index contributed by atoms with van der Waals surface area (Å²) in [6, 6.07) is 14.9. The lowest BCUT2D eigenvalue weighted by atomic mass is 10.1. The molecule has 2 rings (SSSR count). The molecule has 1 atom stereocenters. The summed E-state index contributed by atoms with van der Waals surface area (Å²) in [5.41, 5.74) is 0.624. The molecular formula is C39H62O4S. The highest BCUT2D eigenvalue weighted by molar-refractivity contribution is 7.91. The Morgan fingerprint density at radius 1 is 0.568 bits per heavy atom. The van der Waals surface area contributed by atoms with Crippen molar-refractivity contribution >= 4 is 22.0 Å². The lowest BCUT2D eigenvalue weighted by Crippen LogP contribution is -2.20. The summed E-state index contributed by atoms with van der Waals surface area (Å²) in [6.07, 6.45) is 29.4. The standard InChI is InChI=1S/C39H62O4S/c1-3-5-7-9-11-13-14-15-16-18-20-22-34-43-37-30-26-35(27-31-37)24-25-36-28-32-38(33-29-36)44(41,42)39(40)23-21-19-17-12-10-8-6-4-2/h24-33,39-40H,3-23,34H2,1-2H3. The van der Waals surface area contributed by atoms with E-state index in [1.165, 1.54) is 103 Å². The van der Waals surface area contributed by atoms with Gasteiger partial charge in [-0.25, -0.2) is 8.42 Å². The molecule has 2 aromatic rings. The van der Waals surface area contributed by atoms with Gasteiger partial charge in [-0.15, -0.1) is 0 Å². The molecule has 0 amide bonds. The second-order valence-corrected chi connectivity index (χ2v) is 14.6. The smallest absolute Gasteiger partial charge is 0.204 e. The minimum absolute atomic E-state index is 0.177. The van der Waals surface area contributed by atoms with Crippen LogP contribution in [0.4, 0.5) is 0 Å². The van der Waals surface area contributed by atoms with Gasteiger partial charge in [-0.05, 0) is 54.7 Å². The lowest BCUT2D eigenvalue weighted by Gasteiger charge is -2.12. The fourth-order valence-electron chi connectivity index (χ4n) is 5.53. The summed E-state index contributed by atoms with van der Waals surface area (Å²) in [5, 5.41) is 10.4. The Labute approximate surface area is 270 Å². The van der Waals surface area contributed by atoms with Gasteiger partial charge < -0.3 is 9.84 Å².